The summed E-state index contributed by atoms with van der Waals surface area (Å²) < 4.78 is 4.51. The predicted molar refractivity (Wildman–Crippen MR) is 58.6 cm³/mol. The van der Waals surface area contributed by atoms with Crippen LogP contribution in [0, 0.1) is 0 Å². The highest BCUT2D eigenvalue weighted by Crippen LogP contribution is 2.04. The molecule has 2 N–H and O–H groups in total. The first-order valence-electron chi connectivity index (χ1n) is 4.32. The molecule has 0 unspecified atom stereocenters. The maximum absolute atomic E-state index is 11.2. The number of thioether (sulfide) groups is 1. The zero-order valence-corrected chi connectivity index (χ0v) is 9.38. The van der Waals surface area contributed by atoms with Gasteiger partial charge in [-0.15, -0.1) is 6.58 Å². The fourth-order valence-electron chi connectivity index (χ4n) is 0.820. The Morgan fingerprint density at radius 1 is 1.67 bits per heavy atom. The van der Waals surface area contributed by atoms with Crippen LogP contribution >= 0.6 is 11.8 Å². The van der Waals surface area contributed by atoms with Crippen LogP contribution in [0.1, 0.15) is 0 Å². The summed E-state index contributed by atoms with van der Waals surface area (Å²) in [6.07, 6.45) is 1.70. The molecule has 1 amide bonds. The molecule has 0 aromatic rings. The molecule has 0 spiro atoms. The molecule has 0 rings (SSSR count). The molecule has 6 heteroatoms. The molecule has 0 fully saturated rings. The highest BCUT2D eigenvalue weighted by Gasteiger charge is 2.20. The van der Waals surface area contributed by atoms with E-state index in [1.54, 1.807) is 6.08 Å². The topological polar surface area (TPSA) is 75.6 Å². The summed E-state index contributed by atoms with van der Waals surface area (Å²) in [4.78, 5) is 22.1. The zero-order valence-electron chi connectivity index (χ0n) is 8.56. The molecule has 0 aliphatic carbocycles. The Morgan fingerprint density at radius 2 is 2.33 bits per heavy atom. The third-order valence-corrected chi connectivity index (χ3v) is 2.53. The number of rotatable bonds is 7. The fourth-order valence-corrected chi connectivity index (χ4v) is 1.58. The minimum atomic E-state index is -0.723. The predicted octanol–water partition coefficient (Wildman–Crippen LogP) is -0.444. The molecule has 5 nitrogen and oxygen atoms in total. The van der Waals surface area contributed by atoms with Gasteiger partial charge >= 0.3 is 5.97 Å². The van der Waals surface area contributed by atoms with Crippen LogP contribution in [0.3, 0.4) is 0 Å². The van der Waals surface area contributed by atoms with Crippen molar-refractivity contribution in [3.05, 3.63) is 12.7 Å². The summed E-state index contributed by atoms with van der Waals surface area (Å²) in [5, 5.41) is 10.9. The van der Waals surface area contributed by atoms with Gasteiger partial charge in [-0.25, -0.2) is 4.79 Å². The SMILES string of the molecule is C=CCSC[C@H](NC(=O)CO)C(=O)OC. The number of aliphatic hydroxyl groups is 1. The first-order valence-corrected chi connectivity index (χ1v) is 5.47. The van der Waals surface area contributed by atoms with Crippen molar-refractivity contribution in [2.75, 3.05) is 25.2 Å². The van der Waals surface area contributed by atoms with Gasteiger partial charge in [0.05, 0.1) is 7.11 Å². The number of carbonyl (C=O) groups is 2. The van der Waals surface area contributed by atoms with E-state index in [-0.39, 0.29) is 0 Å². The fraction of sp³-hybridized carbons (Fsp3) is 0.556. The summed E-state index contributed by atoms with van der Waals surface area (Å²) in [5.41, 5.74) is 0. The molecule has 1 atom stereocenters. The Bertz CT molecular complexity index is 232. The van der Waals surface area contributed by atoms with Crippen LogP contribution < -0.4 is 5.32 Å². The van der Waals surface area contributed by atoms with Gasteiger partial charge in [-0.3, -0.25) is 4.79 Å². The summed E-state index contributed by atoms with van der Waals surface area (Å²) in [7, 11) is 1.25. The summed E-state index contributed by atoms with van der Waals surface area (Å²) >= 11 is 1.44. The number of ether oxygens (including phenoxy) is 1. The quantitative estimate of drug-likeness (QED) is 0.354. The zero-order chi connectivity index (χ0) is 11.7. The van der Waals surface area contributed by atoms with E-state index >= 15 is 0 Å². The standard InChI is InChI=1S/C9H15NO4S/c1-3-4-15-6-7(9(13)14-2)10-8(12)5-11/h3,7,11H,1,4-6H2,2H3,(H,10,12)/t7-/m0/s1. The van der Waals surface area contributed by atoms with Gasteiger partial charge in [-0.05, 0) is 0 Å². The molecule has 0 bridgehead atoms. The minimum Gasteiger partial charge on any atom is -0.467 e. The normalized spacial score (nSPS) is 11.6. The number of amides is 1. The van der Waals surface area contributed by atoms with Gasteiger partial charge in [0.25, 0.3) is 0 Å². The molecule has 0 heterocycles. The second-order valence-corrected chi connectivity index (χ2v) is 3.70. The van der Waals surface area contributed by atoms with Crippen LogP contribution in [0.5, 0.6) is 0 Å². The number of hydrogen-bond acceptors (Lipinski definition) is 5. The van der Waals surface area contributed by atoms with Crippen molar-refractivity contribution in [1.82, 2.24) is 5.32 Å². The lowest BCUT2D eigenvalue weighted by molar-refractivity contribution is -0.144. The molecular formula is C9H15NO4S. The van der Waals surface area contributed by atoms with Crippen LogP contribution in [0.25, 0.3) is 0 Å². The van der Waals surface area contributed by atoms with Crippen molar-refractivity contribution in [3.63, 3.8) is 0 Å². The van der Waals surface area contributed by atoms with Crippen molar-refractivity contribution < 1.29 is 19.4 Å². The second-order valence-electron chi connectivity index (χ2n) is 2.63. The van der Waals surface area contributed by atoms with Crippen molar-refractivity contribution in [2.45, 2.75) is 6.04 Å². The Hall–Kier alpha value is -1.01. The minimum absolute atomic E-state index is 0.393. The molecule has 0 aromatic carbocycles. The van der Waals surface area contributed by atoms with Crippen molar-refractivity contribution in [1.29, 1.82) is 0 Å². The van der Waals surface area contributed by atoms with E-state index in [1.807, 2.05) is 0 Å². The van der Waals surface area contributed by atoms with Gasteiger partial charge in [0.2, 0.25) is 5.91 Å². The van der Waals surface area contributed by atoms with E-state index in [2.05, 4.69) is 16.6 Å². The highest BCUT2D eigenvalue weighted by atomic mass is 32.2. The average molecular weight is 233 g/mol. The molecule has 0 aliphatic rings. The van der Waals surface area contributed by atoms with Gasteiger partial charge in [-0.1, -0.05) is 6.08 Å². The van der Waals surface area contributed by atoms with Crippen LogP contribution in [-0.2, 0) is 14.3 Å². The third kappa shape index (κ3) is 6.14. The molecule has 0 radical (unpaired) electrons. The number of aliphatic hydroxyl groups excluding tert-OH is 1. The highest BCUT2D eigenvalue weighted by molar-refractivity contribution is 7.99. The number of carbonyl (C=O) groups excluding carboxylic acids is 2. The monoisotopic (exact) mass is 233 g/mol. The van der Waals surface area contributed by atoms with E-state index in [1.165, 1.54) is 18.9 Å². The van der Waals surface area contributed by atoms with E-state index in [0.717, 1.165) is 0 Å². The lowest BCUT2D eigenvalue weighted by Crippen LogP contribution is -2.44. The molecule has 0 saturated carbocycles. The van der Waals surface area contributed by atoms with E-state index in [4.69, 9.17) is 5.11 Å². The Balaban J connectivity index is 4.11. The Labute approximate surface area is 92.9 Å². The van der Waals surface area contributed by atoms with Gasteiger partial charge < -0.3 is 15.2 Å². The molecule has 86 valence electrons. The van der Waals surface area contributed by atoms with Gasteiger partial charge in [-0.2, -0.15) is 11.8 Å². The van der Waals surface area contributed by atoms with E-state index in [9.17, 15) is 9.59 Å². The Morgan fingerprint density at radius 3 is 2.80 bits per heavy atom. The molecule has 0 aliphatic heterocycles. The summed E-state index contributed by atoms with van der Waals surface area (Å²) in [5.74, 6) is -0.0367. The maximum Gasteiger partial charge on any atom is 0.329 e. The third-order valence-electron chi connectivity index (χ3n) is 1.48. The molecule has 0 aromatic heterocycles. The second kappa shape index (κ2) is 8.31. The number of hydrogen-bond donors (Lipinski definition) is 2. The van der Waals surface area contributed by atoms with Crippen LogP contribution in [0.2, 0.25) is 0 Å². The van der Waals surface area contributed by atoms with E-state index < -0.39 is 24.5 Å². The lowest BCUT2D eigenvalue weighted by Gasteiger charge is -2.14. The van der Waals surface area contributed by atoms with Crippen LogP contribution in [0.15, 0.2) is 12.7 Å². The number of nitrogens with one attached hydrogen (secondary N) is 1. The average Bonchev–Trinajstić information content (AvgIpc) is 2.26. The number of methoxy groups -OCH3 is 1. The van der Waals surface area contributed by atoms with Crippen molar-refractivity contribution in [3.8, 4) is 0 Å². The van der Waals surface area contributed by atoms with Crippen LogP contribution in [0.4, 0.5) is 0 Å². The lowest BCUT2D eigenvalue weighted by atomic mass is 10.3. The van der Waals surface area contributed by atoms with Crippen molar-refractivity contribution >= 4 is 23.6 Å². The molecular weight excluding hydrogens is 218 g/mol. The van der Waals surface area contributed by atoms with Crippen LogP contribution in [-0.4, -0.2) is 48.2 Å². The maximum atomic E-state index is 11.2. The van der Waals surface area contributed by atoms with Gasteiger partial charge in [0, 0.05) is 11.5 Å². The first kappa shape index (κ1) is 14.0. The number of esters is 1. The Kier molecular flexibility index (Phi) is 7.75. The van der Waals surface area contributed by atoms with Gasteiger partial charge in [0.15, 0.2) is 0 Å². The molecule has 15 heavy (non-hydrogen) atoms. The summed E-state index contributed by atoms with van der Waals surface area (Å²) in [6.45, 7) is 2.90. The molecule has 0 saturated heterocycles. The smallest absolute Gasteiger partial charge is 0.329 e. The largest absolute Gasteiger partial charge is 0.467 e. The first-order chi connectivity index (χ1) is 7.15. The van der Waals surface area contributed by atoms with Gasteiger partial charge in [0.1, 0.15) is 12.6 Å². The van der Waals surface area contributed by atoms with E-state index in [0.29, 0.717) is 11.5 Å². The summed E-state index contributed by atoms with van der Waals surface area (Å²) in [6, 6.07) is -0.723. The van der Waals surface area contributed by atoms with Crippen molar-refractivity contribution in [2.24, 2.45) is 0 Å².